The summed E-state index contributed by atoms with van der Waals surface area (Å²) < 4.78 is 5.66. The van der Waals surface area contributed by atoms with Crippen LogP contribution in [0.5, 0.6) is 5.75 Å². The van der Waals surface area contributed by atoms with E-state index in [0.717, 1.165) is 11.3 Å². The first-order valence-electron chi connectivity index (χ1n) is 7.78. The van der Waals surface area contributed by atoms with Crippen LogP contribution >= 0.6 is 0 Å². The Morgan fingerprint density at radius 2 is 1.55 bits per heavy atom. The van der Waals surface area contributed by atoms with Crippen molar-refractivity contribution in [1.29, 1.82) is 0 Å². The Morgan fingerprint density at radius 1 is 0.909 bits per heavy atom. The highest BCUT2D eigenvalue weighted by molar-refractivity contribution is 5.29. The lowest BCUT2D eigenvalue weighted by Gasteiger charge is -2.22. The van der Waals surface area contributed by atoms with E-state index in [-0.39, 0.29) is 24.8 Å². The Morgan fingerprint density at radius 3 is 2.09 bits per heavy atom. The highest BCUT2D eigenvalue weighted by Crippen LogP contribution is 2.22. The second-order valence-electron chi connectivity index (χ2n) is 5.77. The summed E-state index contributed by atoms with van der Waals surface area (Å²) in [6.45, 7) is 6.21. The average Bonchev–Trinajstić information content (AvgIpc) is 2.53. The zero-order chi connectivity index (χ0) is 15.9. The maximum Gasteiger partial charge on any atom is 0.119 e. The molecule has 0 radical (unpaired) electrons. The van der Waals surface area contributed by atoms with Gasteiger partial charge in [-0.3, -0.25) is 0 Å². The van der Waals surface area contributed by atoms with Crippen LogP contribution in [0.2, 0.25) is 0 Å². The lowest BCUT2D eigenvalue weighted by atomic mass is 10.0. The molecule has 0 aromatic heterocycles. The second-order valence-corrected chi connectivity index (χ2v) is 5.77. The van der Waals surface area contributed by atoms with Gasteiger partial charge in [0.1, 0.15) is 5.75 Å². The molecule has 2 unspecified atom stereocenters. The molecule has 0 aliphatic rings. The molecule has 0 saturated heterocycles. The van der Waals surface area contributed by atoms with Gasteiger partial charge in [-0.25, -0.2) is 0 Å². The van der Waals surface area contributed by atoms with Crippen LogP contribution in [0, 0.1) is 0 Å². The predicted molar refractivity (Wildman–Crippen MR) is 90.0 cm³/mol. The molecule has 3 heteroatoms. The third-order valence-electron chi connectivity index (χ3n) is 3.59. The number of ether oxygens (including phenoxy) is 1. The van der Waals surface area contributed by atoms with E-state index in [0.29, 0.717) is 0 Å². The molecule has 2 atom stereocenters. The number of nitrogens with one attached hydrogen (secondary N) is 1. The van der Waals surface area contributed by atoms with E-state index in [1.54, 1.807) is 0 Å². The van der Waals surface area contributed by atoms with Crippen molar-refractivity contribution in [2.45, 2.75) is 39.0 Å². The minimum Gasteiger partial charge on any atom is -0.491 e. The van der Waals surface area contributed by atoms with Gasteiger partial charge in [0.15, 0.2) is 0 Å². The van der Waals surface area contributed by atoms with Crippen LogP contribution in [0.25, 0.3) is 0 Å². The Hall–Kier alpha value is -1.84. The molecule has 0 aliphatic heterocycles. The van der Waals surface area contributed by atoms with Crippen molar-refractivity contribution in [2.24, 2.45) is 0 Å². The molecule has 0 saturated carbocycles. The van der Waals surface area contributed by atoms with Crippen LogP contribution in [-0.2, 0) is 0 Å². The first kappa shape index (κ1) is 16.5. The summed E-state index contributed by atoms with van der Waals surface area (Å²) >= 11 is 0. The van der Waals surface area contributed by atoms with Gasteiger partial charge < -0.3 is 15.2 Å². The molecule has 0 amide bonds. The molecular formula is C19H25NO2. The summed E-state index contributed by atoms with van der Waals surface area (Å²) in [5.74, 6) is 0.882. The summed E-state index contributed by atoms with van der Waals surface area (Å²) in [6.07, 6.45) is 0.179. The fourth-order valence-electron chi connectivity index (χ4n) is 2.44. The van der Waals surface area contributed by atoms with Crippen LogP contribution in [-0.4, -0.2) is 17.8 Å². The van der Waals surface area contributed by atoms with Crippen molar-refractivity contribution in [1.82, 2.24) is 5.32 Å². The van der Waals surface area contributed by atoms with Gasteiger partial charge in [-0.15, -0.1) is 0 Å². The normalized spacial score (nSPS) is 13.9. The van der Waals surface area contributed by atoms with E-state index >= 15 is 0 Å². The number of benzene rings is 2. The first-order valence-corrected chi connectivity index (χ1v) is 7.78. The molecule has 22 heavy (non-hydrogen) atoms. The van der Waals surface area contributed by atoms with Crippen molar-refractivity contribution in [3.8, 4) is 5.75 Å². The minimum absolute atomic E-state index is 0.0669. The zero-order valence-electron chi connectivity index (χ0n) is 13.5. The number of hydrogen-bond donors (Lipinski definition) is 2. The van der Waals surface area contributed by atoms with E-state index in [1.807, 2.05) is 56.3 Å². The molecule has 2 aromatic rings. The van der Waals surface area contributed by atoms with E-state index < -0.39 is 0 Å². The minimum atomic E-state index is -0.0669. The molecule has 2 rings (SSSR count). The highest BCUT2D eigenvalue weighted by atomic mass is 16.5. The quantitative estimate of drug-likeness (QED) is 0.816. The van der Waals surface area contributed by atoms with Crippen molar-refractivity contribution >= 4 is 0 Å². The molecule has 0 fully saturated rings. The Kier molecular flexibility index (Phi) is 5.99. The lowest BCUT2D eigenvalue weighted by molar-refractivity contribution is 0.235. The number of aliphatic hydroxyl groups excluding tert-OH is 1. The molecule has 0 heterocycles. The standard InChI is InChI=1S/C19H25NO2/c1-14(2)22-18-11-9-16(10-12-18)15(3)20-19(13-21)17-7-5-4-6-8-17/h4-12,14-15,19-21H,13H2,1-3H3. The number of rotatable bonds is 7. The summed E-state index contributed by atoms with van der Waals surface area (Å²) in [6, 6.07) is 18.2. The maximum absolute atomic E-state index is 9.64. The van der Waals surface area contributed by atoms with Gasteiger partial charge in [-0.05, 0) is 44.0 Å². The third kappa shape index (κ3) is 4.58. The number of aliphatic hydroxyl groups is 1. The average molecular weight is 299 g/mol. The topological polar surface area (TPSA) is 41.5 Å². The first-order chi connectivity index (χ1) is 10.6. The van der Waals surface area contributed by atoms with Gasteiger partial charge in [-0.1, -0.05) is 42.5 Å². The molecule has 0 aliphatic carbocycles. The maximum atomic E-state index is 9.64. The van der Waals surface area contributed by atoms with Crippen molar-refractivity contribution < 1.29 is 9.84 Å². The van der Waals surface area contributed by atoms with E-state index in [2.05, 4.69) is 24.4 Å². The van der Waals surface area contributed by atoms with Crippen LogP contribution in [0.1, 0.15) is 44.0 Å². The molecule has 0 bridgehead atoms. The predicted octanol–water partition coefficient (Wildman–Crippen LogP) is 3.86. The Balaban J connectivity index is 2.03. The summed E-state index contributed by atoms with van der Waals surface area (Å²) in [4.78, 5) is 0. The molecular weight excluding hydrogens is 274 g/mol. The molecule has 2 aromatic carbocycles. The van der Waals surface area contributed by atoms with E-state index in [1.165, 1.54) is 5.56 Å². The highest BCUT2D eigenvalue weighted by Gasteiger charge is 2.14. The summed E-state index contributed by atoms with van der Waals surface area (Å²) in [5, 5.41) is 13.1. The van der Waals surface area contributed by atoms with Crippen LogP contribution in [0.3, 0.4) is 0 Å². The lowest BCUT2D eigenvalue weighted by Crippen LogP contribution is -2.27. The fraction of sp³-hybridized carbons (Fsp3) is 0.368. The summed E-state index contributed by atoms with van der Waals surface area (Å²) in [5.41, 5.74) is 2.27. The van der Waals surface area contributed by atoms with Gasteiger partial charge in [0, 0.05) is 6.04 Å². The van der Waals surface area contributed by atoms with Crippen LogP contribution < -0.4 is 10.1 Å². The molecule has 2 N–H and O–H groups in total. The Bertz CT molecular complexity index is 551. The SMILES string of the molecule is CC(C)Oc1ccc(C(C)NC(CO)c2ccccc2)cc1. The molecule has 3 nitrogen and oxygen atoms in total. The van der Waals surface area contributed by atoms with Crippen molar-refractivity contribution in [3.05, 3.63) is 65.7 Å². The largest absolute Gasteiger partial charge is 0.491 e. The van der Waals surface area contributed by atoms with Crippen molar-refractivity contribution in [3.63, 3.8) is 0 Å². The van der Waals surface area contributed by atoms with Crippen LogP contribution in [0.15, 0.2) is 54.6 Å². The van der Waals surface area contributed by atoms with E-state index in [4.69, 9.17) is 4.74 Å². The smallest absolute Gasteiger partial charge is 0.119 e. The molecule has 0 spiro atoms. The van der Waals surface area contributed by atoms with Crippen LogP contribution in [0.4, 0.5) is 0 Å². The van der Waals surface area contributed by atoms with E-state index in [9.17, 15) is 5.11 Å². The molecule has 118 valence electrons. The van der Waals surface area contributed by atoms with Gasteiger partial charge in [0.2, 0.25) is 0 Å². The zero-order valence-corrected chi connectivity index (χ0v) is 13.5. The monoisotopic (exact) mass is 299 g/mol. The third-order valence-corrected chi connectivity index (χ3v) is 3.59. The fourth-order valence-corrected chi connectivity index (χ4v) is 2.44. The summed E-state index contributed by atoms with van der Waals surface area (Å²) in [7, 11) is 0. The second kappa shape index (κ2) is 7.97. The van der Waals surface area contributed by atoms with Gasteiger partial charge in [-0.2, -0.15) is 0 Å². The van der Waals surface area contributed by atoms with Gasteiger partial charge >= 0.3 is 0 Å². The van der Waals surface area contributed by atoms with Crippen molar-refractivity contribution in [2.75, 3.05) is 6.61 Å². The van der Waals surface area contributed by atoms with Gasteiger partial charge in [0.05, 0.1) is 18.8 Å². The Labute approximate surface area is 133 Å². The number of hydrogen-bond acceptors (Lipinski definition) is 3. The van der Waals surface area contributed by atoms with Gasteiger partial charge in [0.25, 0.3) is 0 Å².